The standard InChI is InChI=1S/C6H16N2O.3C2H4O2/c1-3-6(8,4-2)5(7)9;3*1-2(3)4/h5,9H,3-4,7-8H2,1-2H3;3*1H3,(H,3,4). The van der Waals surface area contributed by atoms with E-state index in [1.54, 1.807) is 0 Å². The Kier molecular flexibility index (Phi) is 21.5. The second-order valence-corrected chi connectivity index (χ2v) is 3.94. The van der Waals surface area contributed by atoms with Crippen LogP contribution in [0.5, 0.6) is 0 Å². The monoisotopic (exact) mass is 312 g/mol. The Balaban J connectivity index is -0.000000102. The van der Waals surface area contributed by atoms with Gasteiger partial charge in [-0.1, -0.05) is 13.8 Å². The molecule has 0 aromatic heterocycles. The molecule has 1 unspecified atom stereocenters. The lowest BCUT2D eigenvalue weighted by Crippen LogP contribution is -2.54. The number of aliphatic hydroxyl groups excluding tert-OH is 1. The molecule has 0 aliphatic rings. The summed E-state index contributed by atoms with van der Waals surface area (Å²) in [6, 6.07) is 0. The van der Waals surface area contributed by atoms with Crippen LogP contribution in [0.3, 0.4) is 0 Å². The van der Waals surface area contributed by atoms with E-state index < -0.39 is 29.7 Å². The average molecular weight is 312 g/mol. The van der Waals surface area contributed by atoms with Crippen LogP contribution in [0.25, 0.3) is 0 Å². The zero-order valence-corrected chi connectivity index (χ0v) is 13.2. The summed E-state index contributed by atoms with van der Waals surface area (Å²) in [5.41, 5.74) is 10.3. The number of rotatable bonds is 3. The highest BCUT2D eigenvalue weighted by Gasteiger charge is 2.26. The maximum absolute atomic E-state index is 9.00. The van der Waals surface area contributed by atoms with Crippen LogP contribution in [-0.4, -0.2) is 50.1 Å². The van der Waals surface area contributed by atoms with E-state index in [1.165, 1.54) is 0 Å². The van der Waals surface area contributed by atoms with Gasteiger partial charge in [0.2, 0.25) is 0 Å². The van der Waals surface area contributed by atoms with E-state index in [9.17, 15) is 0 Å². The molecule has 0 aliphatic heterocycles. The molecular weight excluding hydrogens is 284 g/mol. The third-order valence-electron chi connectivity index (χ3n) is 1.91. The first-order chi connectivity index (χ1) is 9.26. The van der Waals surface area contributed by atoms with Crippen molar-refractivity contribution in [3.05, 3.63) is 0 Å². The minimum absolute atomic E-state index is 0.583. The second-order valence-electron chi connectivity index (χ2n) is 3.94. The van der Waals surface area contributed by atoms with E-state index in [0.29, 0.717) is 12.8 Å². The normalized spacial score (nSPS) is 10.3. The molecule has 128 valence electrons. The first-order valence-electron chi connectivity index (χ1n) is 6.07. The first kappa shape index (κ1) is 27.6. The van der Waals surface area contributed by atoms with Gasteiger partial charge in [-0.15, -0.1) is 0 Å². The van der Waals surface area contributed by atoms with E-state index in [2.05, 4.69) is 0 Å². The van der Waals surface area contributed by atoms with Crippen molar-refractivity contribution in [1.29, 1.82) is 0 Å². The number of carboxylic acids is 3. The SMILES string of the molecule is CC(=O)O.CC(=O)O.CC(=O)O.CCC(N)(CC)C(N)O. The molecule has 0 fully saturated rings. The number of hydrogen-bond donors (Lipinski definition) is 6. The van der Waals surface area contributed by atoms with E-state index >= 15 is 0 Å². The van der Waals surface area contributed by atoms with Gasteiger partial charge in [0.15, 0.2) is 0 Å². The molecule has 0 amide bonds. The van der Waals surface area contributed by atoms with Gasteiger partial charge in [-0.25, -0.2) is 0 Å². The summed E-state index contributed by atoms with van der Waals surface area (Å²) in [6.45, 7) is 7.08. The lowest BCUT2D eigenvalue weighted by Gasteiger charge is -2.29. The quantitative estimate of drug-likeness (QED) is 0.392. The number of aliphatic carboxylic acids is 3. The Hall–Kier alpha value is -1.71. The molecule has 9 heteroatoms. The molecule has 0 radical (unpaired) electrons. The van der Waals surface area contributed by atoms with E-state index in [4.69, 9.17) is 46.3 Å². The number of aliphatic hydroxyl groups is 1. The highest BCUT2D eigenvalue weighted by atomic mass is 16.4. The van der Waals surface area contributed by atoms with Gasteiger partial charge in [-0.3, -0.25) is 14.4 Å². The summed E-state index contributed by atoms with van der Waals surface area (Å²) in [4.78, 5) is 27.0. The molecule has 0 aromatic carbocycles. The van der Waals surface area contributed by atoms with Crippen molar-refractivity contribution in [2.45, 2.75) is 59.2 Å². The maximum Gasteiger partial charge on any atom is 0.300 e. The van der Waals surface area contributed by atoms with Crippen LogP contribution in [0.1, 0.15) is 47.5 Å². The molecule has 0 aliphatic carbocycles. The Bertz CT molecular complexity index is 249. The Labute approximate surface area is 124 Å². The molecule has 0 spiro atoms. The minimum Gasteiger partial charge on any atom is -0.481 e. The molecule has 1 atom stereocenters. The Morgan fingerprint density at radius 1 is 0.905 bits per heavy atom. The Morgan fingerprint density at radius 2 is 1.05 bits per heavy atom. The van der Waals surface area contributed by atoms with Gasteiger partial charge in [0.25, 0.3) is 17.9 Å². The first-order valence-corrected chi connectivity index (χ1v) is 6.07. The zero-order valence-electron chi connectivity index (χ0n) is 13.2. The summed E-state index contributed by atoms with van der Waals surface area (Å²) in [5, 5.41) is 31.2. The fraction of sp³-hybridized carbons (Fsp3) is 0.750. The van der Waals surface area contributed by atoms with Crippen molar-refractivity contribution in [3.63, 3.8) is 0 Å². The molecule has 0 saturated heterocycles. The molecule has 8 N–H and O–H groups in total. The molecular formula is C12H28N2O7. The molecule has 0 saturated carbocycles. The van der Waals surface area contributed by atoms with Gasteiger partial charge >= 0.3 is 0 Å². The molecule has 0 rings (SSSR count). The van der Waals surface area contributed by atoms with Gasteiger partial charge < -0.3 is 31.9 Å². The topological polar surface area (TPSA) is 184 Å². The zero-order chi connectivity index (χ0) is 18.2. The van der Waals surface area contributed by atoms with Crippen LogP contribution in [-0.2, 0) is 14.4 Å². The smallest absolute Gasteiger partial charge is 0.300 e. The maximum atomic E-state index is 9.00. The van der Waals surface area contributed by atoms with Gasteiger partial charge in [0.05, 0.1) is 5.54 Å². The van der Waals surface area contributed by atoms with Crippen molar-refractivity contribution in [3.8, 4) is 0 Å². The van der Waals surface area contributed by atoms with Gasteiger partial charge in [-0.2, -0.15) is 0 Å². The molecule has 9 nitrogen and oxygen atoms in total. The lowest BCUT2D eigenvalue weighted by atomic mass is 9.93. The summed E-state index contributed by atoms with van der Waals surface area (Å²) < 4.78 is 0. The second kappa shape index (κ2) is 16.3. The number of carboxylic acid groups (broad SMARTS) is 3. The minimum atomic E-state index is -0.896. The predicted molar refractivity (Wildman–Crippen MR) is 77.6 cm³/mol. The number of nitrogens with two attached hydrogens (primary N) is 2. The summed E-state index contributed by atoms with van der Waals surface area (Å²) in [6.07, 6.45) is 0.523. The van der Waals surface area contributed by atoms with Crippen LogP contribution < -0.4 is 11.5 Å². The fourth-order valence-electron chi connectivity index (χ4n) is 0.668. The van der Waals surface area contributed by atoms with Crippen LogP contribution in [0, 0.1) is 0 Å². The van der Waals surface area contributed by atoms with Crippen LogP contribution in [0.2, 0.25) is 0 Å². The third kappa shape index (κ3) is 45.8. The van der Waals surface area contributed by atoms with Gasteiger partial charge in [0.1, 0.15) is 6.23 Å². The van der Waals surface area contributed by atoms with E-state index in [0.717, 1.165) is 20.8 Å². The summed E-state index contributed by atoms with van der Waals surface area (Å²) in [7, 11) is 0. The van der Waals surface area contributed by atoms with Crippen LogP contribution >= 0.6 is 0 Å². The van der Waals surface area contributed by atoms with Crippen LogP contribution in [0.4, 0.5) is 0 Å². The largest absolute Gasteiger partial charge is 0.481 e. The van der Waals surface area contributed by atoms with Crippen LogP contribution in [0.15, 0.2) is 0 Å². The molecule has 0 heterocycles. The number of carbonyl (C=O) groups is 3. The van der Waals surface area contributed by atoms with Gasteiger partial charge in [-0.05, 0) is 12.8 Å². The van der Waals surface area contributed by atoms with Crippen molar-refractivity contribution in [2.75, 3.05) is 0 Å². The van der Waals surface area contributed by atoms with Crippen molar-refractivity contribution in [1.82, 2.24) is 0 Å². The van der Waals surface area contributed by atoms with Crippen molar-refractivity contribution < 1.29 is 34.8 Å². The highest BCUT2D eigenvalue weighted by molar-refractivity contribution is 5.63. The summed E-state index contributed by atoms with van der Waals surface area (Å²) in [5.74, 6) is -2.50. The highest BCUT2D eigenvalue weighted by Crippen LogP contribution is 2.12. The third-order valence-corrected chi connectivity index (χ3v) is 1.91. The fourth-order valence-corrected chi connectivity index (χ4v) is 0.668. The predicted octanol–water partition coefficient (Wildman–Crippen LogP) is 0.0537. The van der Waals surface area contributed by atoms with Gasteiger partial charge in [0, 0.05) is 20.8 Å². The Morgan fingerprint density at radius 3 is 1.05 bits per heavy atom. The van der Waals surface area contributed by atoms with E-state index in [-0.39, 0.29) is 0 Å². The molecule has 0 aromatic rings. The summed E-state index contributed by atoms with van der Waals surface area (Å²) >= 11 is 0. The van der Waals surface area contributed by atoms with Crippen molar-refractivity contribution >= 4 is 17.9 Å². The molecule has 21 heavy (non-hydrogen) atoms. The number of hydrogen-bond acceptors (Lipinski definition) is 6. The van der Waals surface area contributed by atoms with E-state index in [1.807, 2.05) is 13.8 Å². The molecule has 0 bridgehead atoms. The average Bonchev–Trinajstić information content (AvgIpc) is 2.25. The van der Waals surface area contributed by atoms with Crippen molar-refractivity contribution in [2.24, 2.45) is 11.5 Å². The lowest BCUT2D eigenvalue weighted by molar-refractivity contribution is -0.135.